The lowest BCUT2D eigenvalue weighted by Gasteiger charge is -2.24. The fraction of sp³-hybridized carbons (Fsp3) is 0.944. The standard InChI is InChI=1S/C18H35N3O2/c1-3-19-18(21-14-16-10-7-13-23-16)20-12-11-17(22-4-2)15-8-5-6-9-15/h15-17H,3-14H2,1-2H3,(H2,19,20,21). The lowest BCUT2D eigenvalue weighted by atomic mass is 9.98. The lowest BCUT2D eigenvalue weighted by molar-refractivity contribution is 0.0169. The summed E-state index contributed by atoms with van der Waals surface area (Å²) in [5, 5.41) is 6.78. The Morgan fingerprint density at radius 2 is 2.00 bits per heavy atom. The highest BCUT2D eigenvalue weighted by Crippen LogP contribution is 2.30. The van der Waals surface area contributed by atoms with Crippen molar-refractivity contribution in [3.63, 3.8) is 0 Å². The van der Waals surface area contributed by atoms with Crippen LogP contribution < -0.4 is 10.6 Å². The highest BCUT2D eigenvalue weighted by atomic mass is 16.5. The van der Waals surface area contributed by atoms with Crippen LogP contribution in [-0.4, -0.2) is 51.0 Å². The van der Waals surface area contributed by atoms with E-state index in [1.165, 1.54) is 32.1 Å². The molecule has 0 aromatic rings. The van der Waals surface area contributed by atoms with Crippen LogP contribution in [0.4, 0.5) is 0 Å². The average molecular weight is 325 g/mol. The molecule has 2 atom stereocenters. The Labute approximate surface area is 141 Å². The number of hydrogen-bond acceptors (Lipinski definition) is 3. The SMILES string of the molecule is CCNC(=NCC1CCCO1)NCCC(OCC)C1CCCC1. The van der Waals surface area contributed by atoms with Crippen molar-refractivity contribution in [2.24, 2.45) is 10.9 Å². The van der Waals surface area contributed by atoms with Gasteiger partial charge < -0.3 is 20.1 Å². The van der Waals surface area contributed by atoms with Gasteiger partial charge in [0.1, 0.15) is 0 Å². The molecule has 1 heterocycles. The van der Waals surface area contributed by atoms with Crippen LogP contribution in [0, 0.1) is 5.92 Å². The number of hydrogen-bond donors (Lipinski definition) is 2. The van der Waals surface area contributed by atoms with E-state index in [1.807, 2.05) is 0 Å². The summed E-state index contributed by atoms with van der Waals surface area (Å²) in [6.07, 6.45) is 9.47. The van der Waals surface area contributed by atoms with Gasteiger partial charge in [-0.05, 0) is 51.9 Å². The van der Waals surface area contributed by atoms with E-state index >= 15 is 0 Å². The molecule has 0 aromatic heterocycles. The summed E-state index contributed by atoms with van der Waals surface area (Å²) in [4.78, 5) is 4.66. The lowest BCUT2D eigenvalue weighted by Crippen LogP contribution is -2.40. The molecule has 0 bridgehead atoms. The third-order valence-electron chi connectivity index (χ3n) is 4.85. The minimum absolute atomic E-state index is 0.306. The van der Waals surface area contributed by atoms with E-state index in [0.29, 0.717) is 12.2 Å². The molecule has 5 nitrogen and oxygen atoms in total. The maximum atomic E-state index is 5.99. The minimum Gasteiger partial charge on any atom is -0.378 e. The Kier molecular flexibility index (Phi) is 8.76. The number of guanidine groups is 1. The van der Waals surface area contributed by atoms with Gasteiger partial charge in [0, 0.05) is 26.3 Å². The zero-order chi connectivity index (χ0) is 16.3. The molecule has 2 N–H and O–H groups in total. The van der Waals surface area contributed by atoms with Crippen molar-refractivity contribution >= 4 is 5.96 Å². The molecule has 23 heavy (non-hydrogen) atoms. The zero-order valence-corrected chi connectivity index (χ0v) is 15.0. The summed E-state index contributed by atoms with van der Waals surface area (Å²) in [5.41, 5.74) is 0. The van der Waals surface area contributed by atoms with Gasteiger partial charge in [-0.25, -0.2) is 0 Å². The van der Waals surface area contributed by atoms with Crippen LogP contribution in [0.1, 0.15) is 58.8 Å². The highest BCUT2D eigenvalue weighted by molar-refractivity contribution is 5.79. The molecule has 2 fully saturated rings. The second-order valence-corrected chi connectivity index (χ2v) is 6.61. The highest BCUT2D eigenvalue weighted by Gasteiger charge is 2.25. The maximum absolute atomic E-state index is 5.99. The monoisotopic (exact) mass is 325 g/mol. The molecular formula is C18H35N3O2. The van der Waals surface area contributed by atoms with Crippen molar-refractivity contribution in [3.8, 4) is 0 Å². The molecular weight excluding hydrogens is 290 g/mol. The molecule has 1 saturated heterocycles. The first kappa shape index (κ1) is 18.5. The molecule has 0 radical (unpaired) electrons. The summed E-state index contributed by atoms with van der Waals surface area (Å²) in [6, 6.07) is 0. The van der Waals surface area contributed by atoms with Crippen LogP contribution in [0.5, 0.6) is 0 Å². The number of ether oxygens (including phenoxy) is 2. The van der Waals surface area contributed by atoms with Gasteiger partial charge in [-0.3, -0.25) is 4.99 Å². The quantitative estimate of drug-likeness (QED) is 0.505. The van der Waals surface area contributed by atoms with Gasteiger partial charge in [-0.2, -0.15) is 0 Å². The molecule has 1 aliphatic carbocycles. The number of rotatable bonds is 9. The van der Waals surface area contributed by atoms with Gasteiger partial charge in [-0.15, -0.1) is 0 Å². The molecule has 0 spiro atoms. The van der Waals surface area contributed by atoms with Gasteiger partial charge in [0.05, 0.1) is 18.8 Å². The molecule has 1 aliphatic heterocycles. The van der Waals surface area contributed by atoms with Gasteiger partial charge in [0.25, 0.3) is 0 Å². The molecule has 5 heteroatoms. The second-order valence-electron chi connectivity index (χ2n) is 6.61. The van der Waals surface area contributed by atoms with Crippen molar-refractivity contribution in [3.05, 3.63) is 0 Å². The van der Waals surface area contributed by atoms with E-state index in [1.54, 1.807) is 0 Å². The van der Waals surface area contributed by atoms with Crippen LogP contribution in [0.2, 0.25) is 0 Å². The maximum Gasteiger partial charge on any atom is 0.191 e. The van der Waals surface area contributed by atoms with Crippen LogP contribution in [0.3, 0.4) is 0 Å². The van der Waals surface area contributed by atoms with Crippen molar-refractivity contribution in [1.29, 1.82) is 0 Å². The molecule has 2 unspecified atom stereocenters. The first-order valence-corrected chi connectivity index (χ1v) is 9.58. The number of nitrogens with zero attached hydrogens (tertiary/aromatic N) is 1. The molecule has 134 valence electrons. The van der Waals surface area contributed by atoms with Crippen LogP contribution >= 0.6 is 0 Å². The van der Waals surface area contributed by atoms with E-state index < -0.39 is 0 Å². The summed E-state index contributed by atoms with van der Waals surface area (Å²) >= 11 is 0. The van der Waals surface area contributed by atoms with E-state index in [-0.39, 0.29) is 0 Å². The number of nitrogens with one attached hydrogen (secondary N) is 2. The summed E-state index contributed by atoms with van der Waals surface area (Å²) in [5.74, 6) is 1.66. The average Bonchev–Trinajstić information content (AvgIpc) is 3.25. The molecule has 0 aromatic carbocycles. The summed E-state index contributed by atoms with van der Waals surface area (Å²) in [7, 11) is 0. The Hall–Kier alpha value is -0.810. The molecule has 1 saturated carbocycles. The first-order valence-electron chi connectivity index (χ1n) is 9.58. The van der Waals surface area contributed by atoms with Gasteiger partial charge >= 0.3 is 0 Å². The smallest absolute Gasteiger partial charge is 0.191 e. The van der Waals surface area contributed by atoms with E-state index in [2.05, 4.69) is 29.5 Å². The predicted molar refractivity (Wildman–Crippen MR) is 94.9 cm³/mol. The molecule has 0 amide bonds. The normalized spacial score (nSPS) is 24.1. The minimum atomic E-state index is 0.306. The van der Waals surface area contributed by atoms with Crippen LogP contribution in [0.25, 0.3) is 0 Å². The zero-order valence-electron chi connectivity index (χ0n) is 15.0. The largest absolute Gasteiger partial charge is 0.378 e. The third-order valence-corrected chi connectivity index (χ3v) is 4.85. The Morgan fingerprint density at radius 3 is 2.65 bits per heavy atom. The summed E-state index contributed by atoms with van der Waals surface area (Å²) in [6.45, 7) is 8.46. The Morgan fingerprint density at radius 1 is 1.17 bits per heavy atom. The topological polar surface area (TPSA) is 54.9 Å². The number of aliphatic imine (C=N–C) groups is 1. The van der Waals surface area contributed by atoms with Crippen molar-refractivity contribution < 1.29 is 9.47 Å². The van der Waals surface area contributed by atoms with Crippen LogP contribution in [0.15, 0.2) is 4.99 Å². The molecule has 2 aliphatic rings. The van der Waals surface area contributed by atoms with E-state index in [9.17, 15) is 0 Å². The fourth-order valence-electron chi connectivity index (χ4n) is 3.65. The second kappa shape index (κ2) is 10.9. The van der Waals surface area contributed by atoms with Gasteiger partial charge in [0.15, 0.2) is 5.96 Å². The first-order chi connectivity index (χ1) is 11.3. The fourth-order valence-corrected chi connectivity index (χ4v) is 3.65. The molecule has 2 rings (SSSR count). The predicted octanol–water partition coefficient (Wildman–Crippen LogP) is 2.71. The third kappa shape index (κ3) is 6.68. The summed E-state index contributed by atoms with van der Waals surface area (Å²) < 4.78 is 11.6. The van der Waals surface area contributed by atoms with E-state index in [0.717, 1.165) is 57.6 Å². The Balaban J connectivity index is 1.73. The van der Waals surface area contributed by atoms with Crippen molar-refractivity contribution in [2.75, 3.05) is 32.8 Å². The van der Waals surface area contributed by atoms with Gasteiger partial charge in [0.2, 0.25) is 0 Å². The van der Waals surface area contributed by atoms with Crippen LogP contribution in [-0.2, 0) is 9.47 Å². The van der Waals surface area contributed by atoms with Crippen molar-refractivity contribution in [2.45, 2.75) is 71.0 Å². The Bertz CT molecular complexity index is 337. The van der Waals surface area contributed by atoms with Gasteiger partial charge in [-0.1, -0.05) is 12.8 Å². The van der Waals surface area contributed by atoms with E-state index in [4.69, 9.17) is 9.47 Å². The van der Waals surface area contributed by atoms with Crippen molar-refractivity contribution in [1.82, 2.24) is 10.6 Å².